The molecule has 2 heterocycles. The van der Waals surface area contributed by atoms with Gasteiger partial charge in [-0.25, -0.2) is 0 Å². The van der Waals surface area contributed by atoms with Crippen LogP contribution in [0.25, 0.3) is 0 Å². The molecule has 3 nitrogen and oxygen atoms in total. The zero-order valence-corrected chi connectivity index (χ0v) is 10.2. The minimum Gasteiger partial charge on any atom is -0.371 e. The molecule has 0 spiro atoms. The molecule has 1 fully saturated rings. The van der Waals surface area contributed by atoms with Crippen molar-refractivity contribution >= 4 is 24.8 Å². The molecule has 0 radical (unpaired) electrons. The van der Waals surface area contributed by atoms with Crippen LogP contribution in [-0.4, -0.2) is 24.7 Å². The van der Waals surface area contributed by atoms with E-state index in [1.54, 1.807) is 0 Å². The van der Waals surface area contributed by atoms with Crippen LogP contribution in [0.1, 0.15) is 17.4 Å². The topological polar surface area (TPSA) is 34.1 Å². The van der Waals surface area contributed by atoms with Crippen LogP contribution < -0.4 is 5.32 Å². The largest absolute Gasteiger partial charge is 0.371 e. The highest BCUT2D eigenvalue weighted by Crippen LogP contribution is 2.17. The Bertz CT molecular complexity index is 273. The first-order valence-corrected chi connectivity index (χ1v) is 4.61. The van der Waals surface area contributed by atoms with Crippen LogP contribution in [0, 0.1) is 6.92 Å². The molecule has 1 unspecified atom stereocenters. The first-order valence-electron chi connectivity index (χ1n) is 4.61. The van der Waals surface area contributed by atoms with Crippen LogP contribution in [0.4, 0.5) is 0 Å². The molecule has 0 aromatic carbocycles. The highest BCUT2D eigenvalue weighted by molar-refractivity contribution is 5.85. The Hall–Kier alpha value is -0.350. The van der Waals surface area contributed by atoms with Crippen molar-refractivity contribution in [3.63, 3.8) is 0 Å². The third kappa shape index (κ3) is 3.95. The number of hydrogen-bond donors (Lipinski definition) is 1. The Morgan fingerprint density at radius 3 is 2.73 bits per heavy atom. The molecule has 5 heteroatoms. The number of halogens is 2. The molecular weight excluding hydrogens is 235 g/mol. The van der Waals surface area contributed by atoms with Gasteiger partial charge < -0.3 is 10.1 Å². The molecule has 1 aromatic heterocycles. The summed E-state index contributed by atoms with van der Waals surface area (Å²) in [6.07, 6.45) is 2.08. The molecule has 86 valence electrons. The maximum Gasteiger partial charge on any atom is 0.0964 e. The van der Waals surface area contributed by atoms with Crippen LogP contribution in [0.2, 0.25) is 0 Å². The normalized spacial score (nSPS) is 19.9. The van der Waals surface area contributed by atoms with E-state index in [1.165, 1.54) is 0 Å². The van der Waals surface area contributed by atoms with Gasteiger partial charge in [0.05, 0.1) is 12.7 Å². The van der Waals surface area contributed by atoms with Crippen LogP contribution >= 0.6 is 24.8 Å². The van der Waals surface area contributed by atoms with Crippen molar-refractivity contribution in [2.45, 2.75) is 13.0 Å². The SMILES string of the molecule is Cc1ccc(C2CNCCO2)cn1.Cl.Cl. The molecule has 0 saturated carbocycles. The third-order valence-corrected chi connectivity index (χ3v) is 2.23. The molecule has 1 atom stereocenters. The lowest BCUT2D eigenvalue weighted by Crippen LogP contribution is -2.33. The van der Waals surface area contributed by atoms with E-state index in [9.17, 15) is 0 Å². The monoisotopic (exact) mass is 250 g/mol. The van der Waals surface area contributed by atoms with Crippen molar-refractivity contribution in [1.82, 2.24) is 10.3 Å². The first kappa shape index (κ1) is 14.6. The number of nitrogens with one attached hydrogen (secondary N) is 1. The van der Waals surface area contributed by atoms with Crippen LogP contribution in [0.5, 0.6) is 0 Å². The lowest BCUT2D eigenvalue weighted by atomic mass is 10.1. The van der Waals surface area contributed by atoms with Crippen molar-refractivity contribution < 1.29 is 4.74 Å². The Balaban J connectivity index is 0.000000980. The van der Waals surface area contributed by atoms with E-state index in [4.69, 9.17) is 4.74 Å². The summed E-state index contributed by atoms with van der Waals surface area (Å²) in [6, 6.07) is 4.10. The molecule has 15 heavy (non-hydrogen) atoms. The predicted molar refractivity (Wildman–Crippen MR) is 65.0 cm³/mol. The van der Waals surface area contributed by atoms with Gasteiger partial charge in [-0.3, -0.25) is 4.98 Å². The van der Waals surface area contributed by atoms with Crippen molar-refractivity contribution in [2.75, 3.05) is 19.7 Å². The number of pyridine rings is 1. The number of rotatable bonds is 1. The van der Waals surface area contributed by atoms with Gasteiger partial charge in [0.25, 0.3) is 0 Å². The van der Waals surface area contributed by atoms with Gasteiger partial charge in [-0.2, -0.15) is 0 Å². The maximum atomic E-state index is 5.60. The first-order chi connectivity index (χ1) is 6.36. The third-order valence-electron chi connectivity index (χ3n) is 2.23. The molecule has 1 saturated heterocycles. The summed E-state index contributed by atoms with van der Waals surface area (Å²) in [5.74, 6) is 0. The molecular formula is C10H16Cl2N2O. The maximum absolute atomic E-state index is 5.60. The average molecular weight is 251 g/mol. The van der Waals surface area contributed by atoms with E-state index in [0.29, 0.717) is 0 Å². The van der Waals surface area contributed by atoms with Gasteiger partial charge in [-0.1, -0.05) is 6.07 Å². The van der Waals surface area contributed by atoms with Gasteiger partial charge in [0.2, 0.25) is 0 Å². The lowest BCUT2D eigenvalue weighted by Gasteiger charge is -2.23. The summed E-state index contributed by atoms with van der Waals surface area (Å²) >= 11 is 0. The second kappa shape index (κ2) is 7.01. The Morgan fingerprint density at radius 1 is 1.40 bits per heavy atom. The molecule has 1 N–H and O–H groups in total. The van der Waals surface area contributed by atoms with Crippen LogP contribution in [0.15, 0.2) is 18.3 Å². The quantitative estimate of drug-likeness (QED) is 0.827. The number of nitrogens with zero attached hydrogens (tertiary/aromatic N) is 1. The van der Waals surface area contributed by atoms with E-state index in [0.717, 1.165) is 31.0 Å². The minimum absolute atomic E-state index is 0. The summed E-state index contributed by atoms with van der Waals surface area (Å²) in [5, 5.41) is 3.30. The van der Waals surface area contributed by atoms with Crippen molar-refractivity contribution in [3.05, 3.63) is 29.6 Å². The van der Waals surface area contributed by atoms with Crippen LogP contribution in [0.3, 0.4) is 0 Å². The van der Waals surface area contributed by atoms with Crippen LogP contribution in [-0.2, 0) is 4.74 Å². The standard InChI is InChI=1S/C10H14N2O.2ClH/c1-8-2-3-9(6-12-8)10-7-11-4-5-13-10;;/h2-3,6,10-11H,4-5,7H2,1H3;2*1H. The van der Waals surface area contributed by atoms with Gasteiger partial charge in [0.1, 0.15) is 0 Å². The Morgan fingerprint density at radius 2 is 2.20 bits per heavy atom. The summed E-state index contributed by atoms with van der Waals surface area (Å²) in [4.78, 5) is 4.25. The lowest BCUT2D eigenvalue weighted by molar-refractivity contribution is 0.0275. The van der Waals surface area contributed by atoms with E-state index in [-0.39, 0.29) is 30.9 Å². The molecule has 1 aliphatic heterocycles. The summed E-state index contributed by atoms with van der Waals surface area (Å²) < 4.78 is 5.60. The summed E-state index contributed by atoms with van der Waals surface area (Å²) in [5.41, 5.74) is 2.21. The highest BCUT2D eigenvalue weighted by atomic mass is 35.5. The van der Waals surface area contributed by atoms with Gasteiger partial charge in [-0.05, 0) is 13.0 Å². The molecule has 0 bridgehead atoms. The van der Waals surface area contributed by atoms with Crippen molar-refractivity contribution in [3.8, 4) is 0 Å². The second-order valence-corrected chi connectivity index (χ2v) is 3.30. The van der Waals surface area contributed by atoms with Gasteiger partial charge in [0, 0.05) is 30.5 Å². The van der Waals surface area contributed by atoms with Gasteiger partial charge in [0.15, 0.2) is 0 Å². The smallest absolute Gasteiger partial charge is 0.0964 e. The Kier molecular flexibility index (Phi) is 6.85. The summed E-state index contributed by atoms with van der Waals surface area (Å²) in [6.45, 7) is 4.63. The average Bonchev–Trinajstić information content (AvgIpc) is 2.20. The second-order valence-electron chi connectivity index (χ2n) is 3.30. The van der Waals surface area contributed by atoms with E-state index in [1.807, 2.05) is 19.2 Å². The van der Waals surface area contributed by atoms with Crippen molar-refractivity contribution in [2.24, 2.45) is 0 Å². The number of ether oxygens (including phenoxy) is 1. The fraction of sp³-hybridized carbons (Fsp3) is 0.500. The molecule has 2 rings (SSSR count). The minimum atomic E-state index is 0. The van der Waals surface area contributed by atoms with Gasteiger partial charge in [-0.15, -0.1) is 24.8 Å². The predicted octanol–water partition coefficient (Wildman–Crippen LogP) is 1.89. The number of aromatic nitrogens is 1. The number of aryl methyl sites for hydroxylation is 1. The van der Waals surface area contributed by atoms with Gasteiger partial charge >= 0.3 is 0 Å². The number of hydrogen-bond acceptors (Lipinski definition) is 3. The molecule has 1 aromatic rings. The molecule has 1 aliphatic rings. The Labute approximate surface area is 102 Å². The van der Waals surface area contributed by atoms with E-state index in [2.05, 4.69) is 16.4 Å². The zero-order chi connectivity index (χ0) is 9.10. The zero-order valence-electron chi connectivity index (χ0n) is 8.60. The highest BCUT2D eigenvalue weighted by Gasteiger charge is 2.15. The fourth-order valence-electron chi connectivity index (χ4n) is 1.45. The molecule has 0 aliphatic carbocycles. The number of morpholine rings is 1. The van der Waals surface area contributed by atoms with Crippen molar-refractivity contribution in [1.29, 1.82) is 0 Å². The molecule has 0 amide bonds. The fourth-order valence-corrected chi connectivity index (χ4v) is 1.45. The van der Waals surface area contributed by atoms with E-state index < -0.39 is 0 Å². The van der Waals surface area contributed by atoms with E-state index >= 15 is 0 Å². The summed E-state index contributed by atoms with van der Waals surface area (Å²) in [7, 11) is 0.